The van der Waals surface area contributed by atoms with Crippen LogP contribution in [-0.4, -0.2) is 20.9 Å². The monoisotopic (exact) mass is 352 g/mol. The van der Waals surface area contributed by atoms with Crippen LogP contribution in [0.2, 0.25) is 5.02 Å². The second kappa shape index (κ2) is 7.12. The lowest BCUT2D eigenvalue weighted by Gasteiger charge is -2.11. The maximum absolute atomic E-state index is 12.2. The SMILES string of the molecule is Cc1ccc(Cl)cc1NC(=O)CNS(=O)(=O)c1ccccc1C. The zero-order valence-corrected chi connectivity index (χ0v) is 14.3. The van der Waals surface area contributed by atoms with Crippen molar-refractivity contribution >= 4 is 33.2 Å². The van der Waals surface area contributed by atoms with Crippen LogP contribution in [0.1, 0.15) is 11.1 Å². The normalized spacial score (nSPS) is 11.3. The molecule has 7 heteroatoms. The van der Waals surface area contributed by atoms with Gasteiger partial charge in [0.25, 0.3) is 0 Å². The molecular weight excluding hydrogens is 336 g/mol. The first kappa shape index (κ1) is 17.5. The fourth-order valence-electron chi connectivity index (χ4n) is 2.02. The molecule has 2 rings (SSSR count). The van der Waals surface area contributed by atoms with Gasteiger partial charge in [0.2, 0.25) is 15.9 Å². The Labute approximate surface area is 140 Å². The number of hydrogen-bond acceptors (Lipinski definition) is 3. The van der Waals surface area contributed by atoms with Gasteiger partial charge in [0.05, 0.1) is 11.4 Å². The van der Waals surface area contributed by atoms with Crippen molar-refractivity contribution < 1.29 is 13.2 Å². The third-order valence-electron chi connectivity index (χ3n) is 3.28. The van der Waals surface area contributed by atoms with Crippen LogP contribution in [0.25, 0.3) is 0 Å². The zero-order chi connectivity index (χ0) is 17.0. The van der Waals surface area contributed by atoms with Gasteiger partial charge in [0.15, 0.2) is 0 Å². The molecule has 0 bridgehead atoms. The highest BCUT2D eigenvalue weighted by Gasteiger charge is 2.17. The van der Waals surface area contributed by atoms with Crippen LogP contribution in [-0.2, 0) is 14.8 Å². The largest absolute Gasteiger partial charge is 0.325 e. The number of aryl methyl sites for hydroxylation is 2. The number of nitrogens with one attached hydrogen (secondary N) is 2. The number of carbonyl (C=O) groups excluding carboxylic acids is 1. The Morgan fingerprint density at radius 1 is 1.09 bits per heavy atom. The molecule has 0 aliphatic heterocycles. The molecule has 122 valence electrons. The van der Waals surface area contributed by atoms with Crippen LogP contribution in [0.4, 0.5) is 5.69 Å². The summed E-state index contributed by atoms with van der Waals surface area (Å²) in [6.45, 7) is 3.16. The van der Waals surface area contributed by atoms with E-state index in [4.69, 9.17) is 11.6 Å². The molecule has 5 nitrogen and oxygen atoms in total. The molecule has 0 unspecified atom stereocenters. The minimum Gasteiger partial charge on any atom is -0.325 e. The van der Waals surface area contributed by atoms with Crippen LogP contribution in [0.15, 0.2) is 47.4 Å². The minimum absolute atomic E-state index is 0.159. The van der Waals surface area contributed by atoms with Gasteiger partial charge in [-0.15, -0.1) is 0 Å². The summed E-state index contributed by atoms with van der Waals surface area (Å²) in [5.41, 5.74) is 2.01. The molecule has 0 aliphatic carbocycles. The molecule has 2 aromatic carbocycles. The number of amides is 1. The molecule has 0 fully saturated rings. The molecule has 0 heterocycles. The van der Waals surface area contributed by atoms with E-state index in [0.717, 1.165) is 5.56 Å². The fourth-order valence-corrected chi connectivity index (χ4v) is 3.42. The molecule has 2 N–H and O–H groups in total. The van der Waals surface area contributed by atoms with Crippen LogP contribution < -0.4 is 10.0 Å². The number of halogens is 1. The van der Waals surface area contributed by atoms with E-state index in [9.17, 15) is 13.2 Å². The highest BCUT2D eigenvalue weighted by atomic mass is 35.5. The number of hydrogen-bond donors (Lipinski definition) is 2. The Morgan fingerprint density at radius 2 is 1.78 bits per heavy atom. The number of anilines is 1. The summed E-state index contributed by atoms with van der Waals surface area (Å²) >= 11 is 5.88. The number of carbonyl (C=O) groups is 1. The second-order valence-corrected chi connectivity index (χ2v) is 7.27. The molecule has 0 spiro atoms. The fraction of sp³-hybridized carbons (Fsp3) is 0.188. The predicted octanol–water partition coefficient (Wildman–Crippen LogP) is 2.87. The summed E-state index contributed by atoms with van der Waals surface area (Å²) < 4.78 is 26.7. The van der Waals surface area contributed by atoms with Gasteiger partial charge in [-0.25, -0.2) is 13.1 Å². The first-order chi connectivity index (χ1) is 10.8. The summed E-state index contributed by atoms with van der Waals surface area (Å²) in [7, 11) is -3.73. The van der Waals surface area contributed by atoms with Crippen molar-refractivity contribution in [3.05, 3.63) is 58.6 Å². The van der Waals surface area contributed by atoms with E-state index in [2.05, 4.69) is 10.0 Å². The van der Waals surface area contributed by atoms with E-state index in [1.807, 2.05) is 6.92 Å². The predicted molar refractivity (Wildman–Crippen MR) is 91.2 cm³/mol. The first-order valence-corrected chi connectivity index (χ1v) is 8.77. The minimum atomic E-state index is -3.73. The third kappa shape index (κ3) is 4.54. The Hall–Kier alpha value is -1.89. The van der Waals surface area contributed by atoms with Crippen molar-refractivity contribution in [1.82, 2.24) is 4.72 Å². The second-order valence-electron chi connectivity index (χ2n) is 5.10. The quantitative estimate of drug-likeness (QED) is 0.868. The smallest absolute Gasteiger partial charge is 0.241 e. The lowest BCUT2D eigenvalue weighted by atomic mass is 10.2. The Balaban J connectivity index is 2.04. The maximum atomic E-state index is 12.2. The van der Waals surface area contributed by atoms with Crippen LogP contribution >= 0.6 is 11.6 Å². The lowest BCUT2D eigenvalue weighted by Crippen LogP contribution is -2.33. The number of sulfonamides is 1. The molecule has 0 saturated heterocycles. The van der Waals surface area contributed by atoms with E-state index in [-0.39, 0.29) is 11.4 Å². The molecule has 0 radical (unpaired) electrons. The van der Waals surface area contributed by atoms with Crippen molar-refractivity contribution in [3.63, 3.8) is 0 Å². The molecule has 0 atom stereocenters. The first-order valence-electron chi connectivity index (χ1n) is 6.91. The summed E-state index contributed by atoms with van der Waals surface area (Å²) in [5.74, 6) is -0.465. The topological polar surface area (TPSA) is 75.3 Å². The molecule has 23 heavy (non-hydrogen) atoms. The molecular formula is C16H17ClN2O3S. The van der Waals surface area contributed by atoms with E-state index >= 15 is 0 Å². The number of benzene rings is 2. The van der Waals surface area contributed by atoms with Gasteiger partial charge in [-0.05, 0) is 43.2 Å². The zero-order valence-electron chi connectivity index (χ0n) is 12.8. The van der Waals surface area contributed by atoms with Gasteiger partial charge in [-0.3, -0.25) is 4.79 Å². The van der Waals surface area contributed by atoms with E-state index in [1.54, 1.807) is 43.3 Å². The van der Waals surface area contributed by atoms with Crippen molar-refractivity contribution in [2.45, 2.75) is 18.7 Å². The average molecular weight is 353 g/mol. The molecule has 0 aromatic heterocycles. The summed E-state index contributed by atoms with van der Waals surface area (Å²) in [6, 6.07) is 11.7. The Morgan fingerprint density at radius 3 is 2.48 bits per heavy atom. The van der Waals surface area contributed by atoms with Crippen LogP contribution in [0, 0.1) is 13.8 Å². The van der Waals surface area contributed by atoms with Crippen molar-refractivity contribution in [2.24, 2.45) is 0 Å². The molecule has 2 aromatic rings. The highest BCUT2D eigenvalue weighted by molar-refractivity contribution is 7.89. The summed E-state index contributed by atoms with van der Waals surface area (Å²) in [4.78, 5) is 12.1. The van der Waals surface area contributed by atoms with Gasteiger partial charge < -0.3 is 5.32 Å². The highest BCUT2D eigenvalue weighted by Crippen LogP contribution is 2.20. The van der Waals surface area contributed by atoms with Gasteiger partial charge in [0.1, 0.15) is 0 Å². The van der Waals surface area contributed by atoms with Gasteiger partial charge >= 0.3 is 0 Å². The molecule has 0 aliphatic rings. The van der Waals surface area contributed by atoms with Crippen LogP contribution in [0.5, 0.6) is 0 Å². The summed E-state index contributed by atoms with van der Waals surface area (Å²) in [5, 5.41) is 3.13. The molecule has 0 saturated carbocycles. The van der Waals surface area contributed by atoms with E-state index in [1.165, 1.54) is 6.07 Å². The van der Waals surface area contributed by atoms with Gasteiger partial charge in [0, 0.05) is 10.7 Å². The number of rotatable bonds is 5. The van der Waals surface area contributed by atoms with Crippen LogP contribution in [0.3, 0.4) is 0 Å². The van der Waals surface area contributed by atoms with E-state index in [0.29, 0.717) is 16.3 Å². The van der Waals surface area contributed by atoms with Crippen molar-refractivity contribution in [2.75, 3.05) is 11.9 Å². The summed E-state index contributed by atoms with van der Waals surface area (Å²) in [6.07, 6.45) is 0. The lowest BCUT2D eigenvalue weighted by molar-refractivity contribution is -0.115. The Kier molecular flexibility index (Phi) is 5.41. The average Bonchev–Trinajstić information content (AvgIpc) is 2.49. The van der Waals surface area contributed by atoms with Gasteiger partial charge in [-0.2, -0.15) is 0 Å². The Bertz CT molecular complexity index is 835. The van der Waals surface area contributed by atoms with Crippen molar-refractivity contribution in [3.8, 4) is 0 Å². The standard InChI is InChI=1S/C16H17ClN2O3S/c1-11-7-8-13(17)9-14(11)19-16(20)10-18-23(21,22)15-6-4-3-5-12(15)2/h3-9,18H,10H2,1-2H3,(H,19,20). The van der Waals surface area contributed by atoms with Crippen molar-refractivity contribution in [1.29, 1.82) is 0 Å². The van der Waals surface area contributed by atoms with Gasteiger partial charge in [-0.1, -0.05) is 35.9 Å². The maximum Gasteiger partial charge on any atom is 0.241 e. The molecule has 1 amide bonds. The third-order valence-corrected chi connectivity index (χ3v) is 5.08. The van der Waals surface area contributed by atoms with E-state index < -0.39 is 15.9 Å².